The summed E-state index contributed by atoms with van der Waals surface area (Å²) in [6, 6.07) is 13.7. The molecule has 1 aliphatic carbocycles. The van der Waals surface area contributed by atoms with E-state index in [-0.39, 0.29) is 33.5 Å². The van der Waals surface area contributed by atoms with Crippen molar-refractivity contribution < 1.29 is 13.2 Å². The molecule has 1 amide bonds. The predicted molar refractivity (Wildman–Crippen MR) is 110 cm³/mol. The Morgan fingerprint density at radius 3 is 2.46 bits per heavy atom. The number of sulfonamides is 1. The highest BCUT2D eigenvalue weighted by Crippen LogP contribution is 2.27. The van der Waals surface area contributed by atoms with Gasteiger partial charge in [-0.05, 0) is 50.7 Å². The van der Waals surface area contributed by atoms with E-state index >= 15 is 0 Å². The second-order valence-corrected chi connectivity index (χ2v) is 9.33. The molecule has 150 valence electrons. The van der Waals surface area contributed by atoms with Crippen LogP contribution < -0.4 is 10.0 Å². The Balaban J connectivity index is 1.83. The summed E-state index contributed by atoms with van der Waals surface area (Å²) in [5.41, 5.74) is 1.22. The first-order valence-corrected chi connectivity index (χ1v) is 10.9. The fourth-order valence-electron chi connectivity index (χ4n) is 2.86. The third-order valence-corrected chi connectivity index (χ3v) is 6.44. The molecule has 2 aromatic rings. The molecule has 0 unspecified atom stereocenters. The van der Waals surface area contributed by atoms with E-state index in [4.69, 9.17) is 11.6 Å². The maximum Gasteiger partial charge on any atom is 0.251 e. The Morgan fingerprint density at radius 2 is 1.86 bits per heavy atom. The normalized spacial score (nSPS) is 15.4. The van der Waals surface area contributed by atoms with Crippen LogP contribution in [0.3, 0.4) is 0 Å². The van der Waals surface area contributed by atoms with Crippen molar-refractivity contribution in [2.24, 2.45) is 0 Å². The van der Waals surface area contributed by atoms with Gasteiger partial charge in [0.05, 0.1) is 11.1 Å². The Hall–Kier alpha value is -1.93. The quantitative estimate of drug-likeness (QED) is 0.687. The Morgan fingerprint density at radius 1 is 1.18 bits per heavy atom. The summed E-state index contributed by atoms with van der Waals surface area (Å²) < 4.78 is 27.7. The van der Waals surface area contributed by atoms with Crippen LogP contribution in [0.5, 0.6) is 0 Å². The van der Waals surface area contributed by atoms with Crippen molar-refractivity contribution in [2.75, 3.05) is 20.6 Å². The molecular formula is C20H24ClN3O3S. The van der Waals surface area contributed by atoms with Crippen LogP contribution in [-0.4, -0.2) is 45.9 Å². The summed E-state index contributed by atoms with van der Waals surface area (Å²) in [5, 5.41) is 3.09. The second kappa shape index (κ2) is 8.61. The molecule has 0 bridgehead atoms. The van der Waals surface area contributed by atoms with E-state index in [0.717, 1.165) is 18.4 Å². The van der Waals surface area contributed by atoms with Gasteiger partial charge in [0.1, 0.15) is 4.90 Å². The number of amides is 1. The Kier molecular flexibility index (Phi) is 6.40. The van der Waals surface area contributed by atoms with Gasteiger partial charge < -0.3 is 10.2 Å². The molecule has 0 heterocycles. The van der Waals surface area contributed by atoms with Gasteiger partial charge in [-0.25, -0.2) is 13.1 Å². The molecule has 2 aromatic carbocycles. The molecule has 6 nitrogen and oxygen atoms in total. The lowest BCUT2D eigenvalue weighted by molar-refractivity contribution is 0.0929. The van der Waals surface area contributed by atoms with Gasteiger partial charge in [0.15, 0.2) is 0 Å². The van der Waals surface area contributed by atoms with Crippen molar-refractivity contribution in [2.45, 2.75) is 29.8 Å². The largest absolute Gasteiger partial charge is 0.344 e. The van der Waals surface area contributed by atoms with Gasteiger partial charge in [-0.15, -0.1) is 0 Å². The van der Waals surface area contributed by atoms with Gasteiger partial charge in [-0.3, -0.25) is 4.79 Å². The van der Waals surface area contributed by atoms with E-state index in [2.05, 4.69) is 10.0 Å². The third-order valence-electron chi connectivity index (χ3n) is 4.44. The zero-order valence-corrected chi connectivity index (χ0v) is 17.4. The molecule has 0 radical (unpaired) electrons. The minimum absolute atomic E-state index is 0.0406. The molecule has 1 saturated carbocycles. The molecule has 1 aliphatic rings. The number of carbonyl (C=O) groups excluding carboxylic acids is 1. The average molecular weight is 422 g/mol. The van der Waals surface area contributed by atoms with E-state index in [9.17, 15) is 13.2 Å². The van der Waals surface area contributed by atoms with Crippen molar-refractivity contribution in [3.63, 3.8) is 0 Å². The summed E-state index contributed by atoms with van der Waals surface area (Å²) in [7, 11) is 0.105. The predicted octanol–water partition coefficient (Wildman–Crippen LogP) is 2.81. The van der Waals surface area contributed by atoms with Gasteiger partial charge in [0, 0.05) is 18.2 Å². The van der Waals surface area contributed by atoms with E-state index < -0.39 is 10.0 Å². The van der Waals surface area contributed by atoms with Gasteiger partial charge in [0.2, 0.25) is 10.0 Å². The first-order valence-electron chi connectivity index (χ1n) is 9.08. The summed E-state index contributed by atoms with van der Waals surface area (Å²) in [6.45, 7) is 0.609. The van der Waals surface area contributed by atoms with Crippen LogP contribution in [0.15, 0.2) is 53.4 Å². The zero-order chi connectivity index (χ0) is 20.3. The molecule has 0 saturated heterocycles. The van der Waals surface area contributed by atoms with Gasteiger partial charge in [0.25, 0.3) is 5.91 Å². The molecule has 8 heteroatoms. The minimum Gasteiger partial charge on any atom is -0.344 e. The molecule has 0 spiro atoms. The summed E-state index contributed by atoms with van der Waals surface area (Å²) in [4.78, 5) is 14.8. The molecule has 1 fully saturated rings. The smallest absolute Gasteiger partial charge is 0.251 e. The van der Waals surface area contributed by atoms with Crippen LogP contribution >= 0.6 is 11.6 Å². The van der Waals surface area contributed by atoms with Crippen LogP contribution in [-0.2, 0) is 10.0 Å². The fraction of sp³-hybridized carbons (Fsp3) is 0.350. The Bertz CT molecular complexity index is 944. The monoisotopic (exact) mass is 421 g/mol. The summed E-state index contributed by atoms with van der Waals surface area (Å²) >= 11 is 6.10. The van der Waals surface area contributed by atoms with Crippen molar-refractivity contribution in [1.82, 2.24) is 14.9 Å². The Labute approximate surface area is 170 Å². The maximum absolute atomic E-state index is 12.8. The van der Waals surface area contributed by atoms with Crippen LogP contribution in [0.2, 0.25) is 5.02 Å². The highest BCUT2D eigenvalue weighted by atomic mass is 35.5. The highest BCUT2D eigenvalue weighted by Gasteiger charge is 2.30. The van der Waals surface area contributed by atoms with E-state index in [1.54, 1.807) is 0 Å². The van der Waals surface area contributed by atoms with Crippen LogP contribution in [0.4, 0.5) is 0 Å². The summed E-state index contributed by atoms with van der Waals surface area (Å²) in [5.74, 6) is -0.352. The topological polar surface area (TPSA) is 78.5 Å². The van der Waals surface area contributed by atoms with Gasteiger partial charge >= 0.3 is 0 Å². The van der Waals surface area contributed by atoms with E-state index in [1.807, 2.05) is 49.3 Å². The van der Waals surface area contributed by atoms with Crippen molar-refractivity contribution in [1.29, 1.82) is 0 Å². The highest BCUT2D eigenvalue weighted by molar-refractivity contribution is 7.89. The molecule has 28 heavy (non-hydrogen) atoms. The van der Waals surface area contributed by atoms with Crippen LogP contribution in [0, 0.1) is 0 Å². The SMILES string of the molecule is CN(C)C[C@H](NC(=O)c1ccc(Cl)c(S(=O)(=O)NC2CC2)c1)c1ccccc1. The zero-order valence-electron chi connectivity index (χ0n) is 15.9. The average Bonchev–Trinajstić information content (AvgIpc) is 3.45. The summed E-state index contributed by atoms with van der Waals surface area (Å²) in [6.07, 6.45) is 1.64. The second-order valence-electron chi connectivity index (χ2n) is 7.24. The number of hydrogen-bond acceptors (Lipinski definition) is 4. The van der Waals surface area contributed by atoms with Crippen LogP contribution in [0.1, 0.15) is 34.8 Å². The first-order chi connectivity index (χ1) is 13.3. The van der Waals surface area contributed by atoms with Crippen LogP contribution in [0.25, 0.3) is 0 Å². The minimum atomic E-state index is -3.75. The number of likely N-dealkylation sites (N-methyl/N-ethyl adjacent to an activating group) is 1. The van der Waals surface area contributed by atoms with Crippen molar-refractivity contribution >= 4 is 27.5 Å². The molecule has 2 N–H and O–H groups in total. The first kappa shape index (κ1) is 20.8. The van der Waals surface area contributed by atoms with Crippen molar-refractivity contribution in [3.05, 3.63) is 64.7 Å². The van der Waals surface area contributed by atoms with Crippen molar-refractivity contribution in [3.8, 4) is 0 Å². The number of nitrogens with zero attached hydrogens (tertiary/aromatic N) is 1. The lowest BCUT2D eigenvalue weighted by Crippen LogP contribution is -2.35. The molecule has 1 atom stereocenters. The third kappa shape index (κ3) is 5.32. The van der Waals surface area contributed by atoms with Gasteiger partial charge in [-0.1, -0.05) is 41.9 Å². The maximum atomic E-state index is 12.8. The number of halogens is 1. The fourth-order valence-corrected chi connectivity index (χ4v) is 4.69. The molecule has 0 aliphatic heterocycles. The standard InChI is InChI=1S/C20H24ClN3O3S/c1-24(2)13-18(14-6-4-3-5-7-14)22-20(25)15-8-11-17(21)19(12-15)28(26,27)23-16-9-10-16/h3-8,11-12,16,18,23H,9-10,13H2,1-2H3,(H,22,25)/t18-/m0/s1. The molecular weight excluding hydrogens is 398 g/mol. The number of nitrogens with one attached hydrogen (secondary N) is 2. The number of rotatable bonds is 8. The molecule has 3 rings (SSSR count). The van der Waals surface area contributed by atoms with Gasteiger partial charge in [-0.2, -0.15) is 0 Å². The van der Waals surface area contributed by atoms with E-state index in [0.29, 0.717) is 6.54 Å². The lowest BCUT2D eigenvalue weighted by atomic mass is 10.1. The number of benzene rings is 2. The van der Waals surface area contributed by atoms with E-state index in [1.165, 1.54) is 18.2 Å². The lowest BCUT2D eigenvalue weighted by Gasteiger charge is -2.23. The number of hydrogen-bond donors (Lipinski definition) is 2. The number of carbonyl (C=O) groups is 1. The molecule has 0 aromatic heterocycles.